The van der Waals surface area contributed by atoms with E-state index in [-0.39, 0.29) is 0 Å². The first-order valence-corrected chi connectivity index (χ1v) is 6.63. The first kappa shape index (κ1) is 15.1. The van der Waals surface area contributed by atoms with Crippen molar-refractivity contribution in [3.8, 4) is 0 Å². The second-order valence-electron chi connectivity index (χ2n) is 4.79. The van der Waals surface area contributed by atoms with E-state index in [2.05, 4.69) is 36.1 Å². The summed E-state index contributed by atoms with van der Waals surface area (Å²) in [4.78, 5) is 9.06. The van der Waals surface area contributed by atoms with Crippen LogP contribution in [0.15, 0.2) is 0 Å². The molecule has 0 aliphatic rings. The molecular formula is C14H25N3O. The molecule has 4 heteroatoms. The average molecular weight is 251 g/mol. The predicted octanol–water partition coefficient (Wildman–Crippen LogP) is 2.03. The van der Waals surface area contributed by atoms with Gasteiger partial charge < -0.3 is 10.1 Å². The second-order valence-corrected chi connectivity index (χ2v) is 4.79. The Balaban J connectivity index is 2.80. The van der Waals surface area contributed by atoms with Crippen LogP contribution < -0.4 is 5.32 Å². The molecule has 102 valence electrons. The molecule has 0 saturated heterocycles. The third-order valence-corrected chi connectivity index (χ3v) is 3.01. The zero-order valence-electron chi connectivity index (χ0n) is 12.2. The van der Waals surface area contributed by atoms with E-state index in [1.54, 1.807) is 0 Å². The van der Waals surface area contributed by atoms with Crippen molar-refractivity contribution >= 4 is 0 Å². The van der Waals surface area contributed by atoms with Crippen molar-refractivity contribution in [1.82, 2.24) is 15.3 Å². The summed E-state index contributed by atoms with van der Waals surface area (Å²) in [5.74, 6) is 1.38. The van der Waals surface area contributed by atoms with Crippen molar-refractivity contribution in [3.05, 3.63) is 22.8 Å². The second kappa shape index (κ2) is 7.44. The van der Waals surface area contributed by atoms with E-state index in [1.165, 1.54) is 5.56 Å². The molecule has 0 aromatic carbocycles. The Morgan fingerprint density at radius 1 is 1.22 bits per heavy atom. The molecule has 0 aliphatic heterocycles. The number of aromatic nitrogens is 2. The SMILES string of the molecule is CCOCc1nc(C)c(CC(C)CNC)c(C)n1. The molecule has 0 fully saturated rings. The quantitative estimate of drug-likeness (QED) is 0.805. The molecule has 0 amide bonds. The minimum atomic E-state index is 0.504. The zero-order valence-corrected chi connectivity index (χ0v) is 12.2. The molecule has 1 unspecified atom stereocenters. The van der Waals surface area contributed by atoms with E-state index in [0.717, 1.165) is 30.2 Å². The highest BCUT2D eigenvalue weighted by atomic mass is 16.5. The van der Waals surface area contributed by atoms with E-state index >= 15 is 0 Å². The Hall–Kier alpha value is -1.00. The lowest BCUT2D eigenvalue weighted by molar-refractivity contribution is 0.128. The molecule has 1 rings (SSSR count). The number of rotatable bonds is 7. The molecule has 0 spiro atoms. The molecule has 0 saturated carbocycles. The lowest BCUT2D eigenvalue weighted by Crippen LogP contribution is -2.19. The third kappa shape index (κ3) is 4.35. The van der Waals surface area contributed by atoms with Crippen LogP contribution >= 0.6 is 0 Å². The van der Waals surface area contributed by atoms with Crippen molar-refractivity contribution < 1.29 is 4.74 Å². The number of hydrogen-bond acceptors (Lipinski definition) is 4. The number of aryl methyl sites for hydroxylation is 2. The molecule has 0 bridgehead atoms. The predicted molar refractivity (Wildman–Crippen MR) is 73.6 cm³/mol. The molecule has 1 aromatic rings. The molecule has 0 radical (unpaired) electrons. The standard InChI is InChI=1S/C14H25N3O/c1-6-18-9-14-16-11(3)13(12(4)17-14)7-10(2)8-15-5/h10,15H,6-9H2,1-5H3. The van der Waals surface area contributed by atoms with Gasteiger partial charge in [-0.25, -0.2) is 9.97 Å². The number of nitrogens with one attached hydrogen (secondary N) is 1. The van der Waals surface area contributed by atoms with E-state index in [4.69, 9.17) is 4.74 Å². The lowest BCUT2D eigenvalue weighted by Gasteiger charge is -2.15. The summed E-state index contributed by atoms with van der Waals surface area (Å²) in [6.45, 7) is 10.6. The van der Waals surface area contributed by atoms with Gasteiger partial charge in [-0.2, -0.15) is 0 Å². The van der Waals surface area contributed by atoms with Crippen LogP contribution in [0.4, 0.5) is 0 Å². The average Bonchev–Trinajstić information content (AvgIpc) is 2.31. The van der Waals surface area contributed by atoms with Gasteiger partial charge in [-0.05, 0) is 52.3 Å². The van der Waals surface area contributed by atoms with Crippen molar-refractivity contribution in [1.29, 1.82) is 0 Å². The molecule has 18 heavy (non-hydrogen) atoms. The van der Waals surface area contributed by atoms with Crippen molar-refractivity contribution in [3.63, 3.8) is 0 Å². The highest BCUT2D eigenvalue weighted by molar-refractivity contribution is 5.24. The molecular weight excluding hydrogens is 226 g/mol. The van der Waals surface area contributed by atoms with Gasteiger partial charge in [0, 0.05) is 18.0 Å². The fraction of sp³-hybridized carbons (Fsp3) is 0.714. The summed E-state index contributed by atoms with van der Waals surface area (Å²) in [6, 6.07) is 0. The van der Waals surface area contributed by atoms with Gasteiger partial charge in [0.05, 0.1) is 0 Å². The highest BCUT2D eigenvalue weighted by Crippen LogP contribution is 2.15. The fourth-order valence-electron chi connectivity index (χ4n) is 2.13. The van der Waals surface area contributed by atoms with Crippen LogP contribution in [-0.2, 0) is 17.8 Å². The lowest BCUT2D eigenvalue weighted by atomic mass is 9.99. The fourth-order valence-corrected chi connectivity index (χ4v) is 2.13. The molecule has 1 heterocycles. The number of hydrogen-bond donors (Lipinski definition) is 1. The van der Waals surface area contributed by atoms with Crippen LogP contribution in [0.25, 0.3) is 0 Å². The topological polar surface area (TPSA) is 47.0 Å². The Morgan fingerprint density at radius 2 is 1.83 bits per heavy atom. The molecule has 1 aromatic heterocycles. The van der Waals surface area contributed by atoms with Crippen LogP contribution in [0.3, 0.4) is 0 Å². The maximum absolute atomic E-state index is 5.35. The minimum Gasteiger partial charge on any atom is -0.374 e. The summed E-state index contributed by atoms with van der Waals surface area (Å²) in [6.07, 6.45) is 1.02. The third-order valence-electron chi connectivity index (χ3n) is 3.01. The molecule has 4 nitrogen and oxygen atoms in total. The maximum atomic E-state index is 5.35. The van der Waals surface area contributed by atoms with Crippen LogP contribution in [0.2, 0.25) is 0 Å². The maximum Gasteiger partial charge on any atom is 0.154 e. The summed E-state index contributed by atoms with van der Waals surface area (Å²) >= 11 is 0. The summed E-state index contributed by atoms with van der Waals surface area (Å²) in [7, 11) is 1.98. The summed E-state index contributed by atoms with van der Waals surface area (Å²) < 4.78 is 5.35. The Bertz CT molecular complexity index is 356. The van der Waals surface area contributed by atoms with Crippen LogP contribution in [0.1, 0.15) is 36.6 Å². The van der Waals surface area contributed by atoms with Crippen molar-refractivity contribution in [2.24, 2.45) is 5.92 Å². The Kier molecular flexibility index (Phi) is 6.22. The smallest absolute Gasteiger partial charge is 0.154 e. The van der Waals surface area contributed by atoms with Crippen LogP contribution in [0.5, 0.6) is 0 Å². The molecule has 1 N–H and O–H groups in total. The first-order chi connectivity index (χ1) is 8.58. The van der Waals surface area contributed by atoms with Crippen LogP contribution in [0, 0.1) is 19.8 Å². The van der Waals surface area contributed by atoms with Gasteiger partial charge in [0.1, 0.15) is 6.61 Å². The Morgan fingerprint density at radius 3 is 2.33 bits per heavy atom. The normalized spacial score (nSPS) is 12.7. The van der Waals surface area contributed by atoms with Gasteiger partial charge in [0.2, 0.25) is 0 Å². The number of nitrogens with zero attached hydrogens (tertiary/aromatic N) is 2. The minimum absolute atomic E-state index is 0.504. The molecule has 0 aliphatic carbocycles. The van der Waals surface area contributed by atoms with Crippen LogP contribution in [-0.4, -0.2) is 30.2 Å². The van der Waals surface area contributed by atoms with E-state index in [9.17, 15) is 0 Å². The Labute approximate surface area is 110 Å². The van der Waals surface area contributed by atoms with E-state index < -0.39 is 0 Å². The first-order valence-electron chi connectivity index (χ1n) is 6.63. The molecule has 1 atom stereocenters. The zero-order chi connectivity index (χ0) is 13.5. The van der Waals surface area contributed by atoms with Gasteiger partial charge in [0.25, 0.3) is 0 Å². The van der Waals surface area contributed by atoms with Gasteiger partial charge in [-0.15, -0.1) is 0 Å². The summed E-state index contributed by atoms with van der Waals surface area (Å²) in [5.41, 5.74) is 3.44. The largest absolute Gasteiger partial charge is 0.374 e. The van der Waals surface area contributed by atoms with Gasteiger partial charge in [-0.1, -0.05) is 6.92 Å². The highest BCUT2D eigenvalue weighted by Gasteiger charge is 2.11. The van der Waals surface area contributed by atoms with Crippen molar-refractivity contribution in [2.75, 3.05) is 20.2 Å². The number of ether oxygens (including phenoxy) is 1. The van der Waals surface area contributed by atoms with E-state index in [1.807, 2.05) is 14.0 Å². The van der Waals surface area contributed by atoms with Gasteiger partial charge >= 0.3 is 0 Å². The van der Waals surface area contributed by atoms with Gasteiger partial charge in [-0.3, -0.25) is 0 Å². The van der Waals surface area contributed by atoms with E-state index in [0.29, 0.717) is 19.1 Å². The van der Waals surface area contributed by atoms with Gasteiger partial charge in [0.15, 0.2) is 5.82 Å². The monoisotopic (exact) mass is 251 g/mol. The summed E-state index contributed by atoms with van der Waals surface area (Å²) in [5, 5.41) is 3.21. The van der Waals surface area contributed by atoms with Crippen molar-refractivity contribution in [2.45, 2.75) is 40.7 Å².